The van der Waals surface area contributed by atoms with Gasteiger partial charge < -0.3 is 4.90 Å². The molecule has 2 aliphatic rings. The molecule has 2 saturated carbocycles. The first-order valence-corrected chi connectivity index (χ1v) is 9.89. The van der Waals surface area contributed by atoms with Crippen LogP contribution >= 0.6 is 11.3 Å². The lowest BCUT2D eigenvalue weighted by atomic mass is 9.88. The van der Waals surface area contributed by atoms with Crippen LogP contribution in [-0.2, 0) is 0 Å². The van der Waals surface area contributed by atoms with E-state index in [1.165, 1.54) is 30.4 Å². The third kappa shape index (κ3) is 3.27. The number of benzene rings is 1. The van der Waals surface area contributed by atoms with Crippen molar-refractivity contribution in [2.45, 2.75) is 37.1 Å². The van der Waals surface area contributed by atoms with Crippen LogP contribution in [-0.4, -0.2) is 24.5 Å². The largest absolute Gasteiger partial charge is 0.301 e. The maximum Gasteiger partial charge on any atom is 0.0878 e. The van der Waals surface area contributed by atoms with Crippen molar-refractivity contribution in [1.82, 2.24) is 4.90 Å². The second-order valence-corrected chi connectivity index (χ2v) is 8.23. The number of hydrogen-bond donors (Lipinski definition) is 0. The minimum Gasteiger partial charge on any atom is -0.301 e. The van der Waals surface area contributed by atoms with E-state index in [1.54, 1.807) is 11.3 Å². The number of nitrogens with zero attached hydrogens (tertiary/aromatic N) is 2. The van der Waals surface area contributed by atoms with E-state index in [-0.39, 0.29) is 5.92 Å². The van der Waals surface area contributed by atoms with Crippen molar-refractivity contribution in [3.05, 3.63) is 58.3 Å². The van der Waals surface area contributed by atoms with Gasteiger partial charge in [0, 0.05) is 12.6 Å². The molecule has 1 aromatic heterocycles. The van der Waals surface area contributed by atoms with E-state index in [4.69, 9.17) is 0 Å². The van der Waals surface area contributed by atoms with Gasteiger partial charge in [0.15, 0.2) is 0 Å². The first-order valence-electron chi connectivity index (χ1n) is 8.95. The number of likely N-dealkylation sites (N-methyl/N-ethyl adjacent to an activating group) is 1. The highest BCUT2D eigenvalue weighted by Gasteiger charge is 2.49. The van der Waals surface area contributed by atoms with Gasteiger partial charge in [-0.3, -0.25) is 0 Å². The van der Waals surface area contributed by atoms with Crippen molar-refractivity contribution in [3.63, 3.8) is 0 Å². The van der Waals surface area contributed by atoms with Crippen LogP contribution in [0.3, 0.4) is 0 Å². The molecular formula is C21H24N2S. The Balaban J connectivity index is 1.58. The molecule has 2 nitrogen and oxygen atoms in total. The Hall–Kier alpha value is -1.63. The molecule has 0 saturated heterocycles. The molecule has 3 heteroatoms. The summed E-state index contributed by atoms with van der Waals surface area (Å²) in [6.45, 7) is 1.14. The minimum atomic E-state index is -0.0151. The Morgan fingerprint density at radius 2 is 2.04 bits per heavy atom. The maximum atomic E-state index is 9.93. The Labute approximate surface area is 148 Å². The molecule has 0 amide bonds. The smallest absolute Gasteiger partial charge is 0.0878 e. The van der Waals surface area contributed by atoms with Gasteiger partial charge >= 0.3 is 0 Å². The van der Waals surface area contributed by atoms with Crippen molar-refractivity contribution in [3.8, 4) is 6.07 Å². The van der Waals surface area contributed by atoms with Gasteiger partial charge in [0.2, 0.25) is 0 Å². The Bertz CT molecular complexity index is 699. The summed E-state index contributed by atoms with van der Waals surface area (Å²) in [5, 5.41) is 14.2. The second-order valence-electron chi connectivity index (χ2n) is 7.45. The van der Waals surface area contributed by atoms with Crippen LogP contribution < -0.4 is 0 Å². The SMILES string of the molecule is CN(CC1CC1)C(C(C#N)c1ccsc1)C1CC1c1ccccc1. The summed E-state index contributed by atoms with van der Waals surface area (Å²) in [6, 6.07) is 15.9. The van der Waals surface area contributed by atoms with E-state index >= 15 is 0 Å². The van der Waals surface area contributed by atoms with E-state index in [2.05, 4.69) is 65.2 Å². The van der Waals surface area contributed by atoms with Crippen LogP contribution in [0.5, 0.6) is 0 Å². The molecule has 4 atom stereocenters. The molecule has 0 radical (unpaired) electrons. The minimum absolute atomic E-state index is 0.0151. The summed E-state index contributed by atoms with van der Waals surface area (Å²) in [7, 11) is 2.24. The topological polar surface area (TPSA) is 27.0 Å². The summed E-state index contributed by atoms with van der Waals surface area (Å²) < 4.78 is 0. The fourth-order valence-corrected chi connectivity index (χ4v) is 4.83. The zero-order valence-electron chi connectivity index (χ0n) is 14.1. The molecule has 4 rings (SSSR count). The molecule has 1 aromatic carbocycles. The molecule has 4 unspecified atom stereocenters. The van der Waals surface area contributed by atoms with Crippen LogP contribution in [0.1, 0.15) is 42.2 Å². The van der Waals surface area contributed by atoms with Gasteiger partial charge in [0.1, 0.15) is 0 Å². The Morgan fingerprint density at radius 3 is 2.67 bits per heavy atom. The summed E-state index contributed by atoms with van der Waals surface area (Å²) in [4.78, 5) is 2.50. The predicted molar refractivity (Wildman–Crippen MR) is 99.1 cm³/mol. The summed E-state index contributed by atoms with van der Waals surface area (Å²) in [5.41, 5.74) is 2.64. The zero-order chi connectivity index (χ0) is 16.5. The number of hydrogen-bond acceptors (Lipinski definition) is 3. The highest BCUT2D eigenvalue weighted by Crippen LogP contribution is 2.53. The Kier molecular flexibility index (Phi) is 4.43. The summed E-state index contributed by atoms with van der Waals surface area (Å²) in [5.74, 6) is 2.06. The molecule has 2 aliphatic carbocycles. The summed E-state index contributed by atoms with van der Waals surface area (Å²) >= 11 is 1.70. The van der Waals surface area contributed by atoms with E-state index in [9.17, 15) is 5.26 Å². The number of rotatable bonds is 7. The van der Waals surface area contributed by atoms with Gasteiger partial charge in [0.05, 0.1) is 12.0 Å². The van der Waals surface area contributed by atoms with Gasteiger partial charge in [-0.25, -0.2) is 0 Å². The van der Waals surface area contributed by atoms with Gasteiger partial charge in [-0.1, -0.05) is 30.3 Å². The second kappa shape index (κ2) is 6.70. The fraction of sp³-hybridized carbons (Fsp3) is 0.476. The van der Waals surface area contributed by atoms with E-state index in [1.807, 2.05) is 0 Å². The van der Waals surface area contributed by atoms with Gasteiger partial charge in [-0.05, 0) is 72.0 Å². The number of nitriles is 1. The zero-order valence-corrected chi connectivity index (χ0v) is 15.0. The highest BCUT2D eigenvalue weighted by atomic mass is 32.1. The first-order chi connectivity index (χ1) is 11.8. The van der Waals surface area contributed by atoms with Crippen molar-refractivity contribution in [2.24, 2.45) is 11.8 Å². The van der Waals surface area contributed by atoms with Crippen molar-refractivity contribution in [2.75, 3.05) is 13.6 Å². The van der Waals surface area contributed by atoms with E-state index in [0.717, 1.165) is 12.5 Å². The standard InChI is InChI=1S/C21H24N2S/c1-23(13-15-7-8-15)21(20(12-22)17-9-10-24-14-17)19-11-18(19)16-5-3-2-4-6-16/h2-6,9-10,14-15,18-21H,7-8,11,13H2,1H3. The van der Waals surface area contributed by atoms with Crippen molar-refractivity contribution >= 4 is 11.3 Å². The van der Waals surface area contributed by atoms with Crippen molar-refractivity contribution in [1.29, 1.82) is 5.26 Å². The molecule has 124 valence electrons. The van der Waals surface area contributed by atoms with Crippen LogP contribution in [0.4, 0.5) is 0 Å². The van der Waals surface area contributed by atoms with Crippen LogP contribution in [0, 0.1) is 23.2 Å². The third-order valence-corrected chi connectivity index (χ3v) is 6.34. The molecule has 2 fully saturated rings. The van der Waals surface area contributed by atoms with E-state index < -0.39 is 0 Å². The third-order valence-electron chi connectivity index (χ3n) is 5.64. The number of thiophene rings is 1. The lowest BCUT2D eigenvalue weighted by Gasteiger charge is -2.32. The van der Waals surface area contributed by atoms with Crippen LogP contribution in [0.2, 0.25) is 0 Å². The normalized spacial score (nSPS) is 25.2. The lowest BCUT2D eigenvalue weighted by molar-refractivity contribution is 0.194. The fourth-order valence-electron chi connectivity index (χ4n) is 4.13. The van der Waals surface area contributed by atoms with Gasteiger partial charge in [0.25, 0.3) is 0 Å². The van der Waals surface area contributed by atoms with Crippen LogP contribution in [0.25, 0.3) is 0 Å². The predicted octanol–water partition coefficient (Wildman–Crippen LogP) is 4.87. The average molecular weight is 337 g/mol. The molecule has 0 bridgehead atoms. The monoisotopic (exact) mass is 336 g/mol. The first kappa shape index (κ1) is 15.9. The molecule has 0 N–H and O–H groups in total. The molecule has 2 aromatic rings. The lowest BCUT2D eigenvalue weighted by Crippen LogP contribution is -2.39. The molecule has 24 heavy (non-hydrogen) atoms. The molecular weight excluding hydrogens is 312 g/mol. The van der Waals surface area contributed by atoms with Gasteiger partial charge in [-0.15, -0.1) is 0 Å². The quantitative estimate of drug-likeness (QED) is 0.721. The molecule has 1 heterocycles. The molecule has 0 aliphatic heterocycles. The van der Waals surface area contributed by atoms with E-state index in [0.29, 0.717) is 17.9 Å². The maximum absolute atomic E-state index is 9.93. The summed E-state index contributed by atoms with van der Waals surface area (Å²) in [6.07, 6.45) is 3.94. The van der Waals surface area contributed by atoms with Crippen LogP contribution in [0.15, 0.2) is 47.2 Å². The van der Waals surface area contributed by atoms with Crippen molar-refractivity contribution < 1.29 is 0 Å². The average Bonchev–Trinajstić information content (AvgIpc) is 3.52. The Morgan fingerprint density at radius 1 is 1.25 bits per heavy atom. The van der Waals surface area contributed by atoms with Gasteiger partial charge in [-0.2, -0.15) is 16.6 Å². The molecule has 0 spiro atoms. The highest BCUT2D eigenvalue weighted by molar-refractivity contribution is 7.08.